The molecule has 2 rings (SSSR count). The summed E-state index contributed by atoms with van der Waals surface area (Å²) in [5.74, 6) is -1.00. The van der Waals surface area contributed by atoms with Crippen LogP contribution in [0.4, 0.5) is 0 Å². The minimum atomic E-state index is -1.14. The first-order valence-corrected chi connectivity index (χ1v) is 5.77. The average molecular weight is 250 g/mol. The van der Waals surface area contributed by atoms with Crippen molar-refractivity contribution in [3.8, 4) is 0 Å². The van der Waals surface area contributed by atoms with E-state index in [4.69, 9.17) is 9.52 Å². The maximum Gasteiger partial charge on any atom is 0.357 e. The lowest BCUT2D eigenvalue weighted by Crippen LogP contribution is -2.30. The Labute approximate surface area is 104 Å². The number of carbonyl (C=O) groups is 2. The van der Waals surface area contributed by atoms with E-state index in [1.54, 1.807) is 0 Å². The molecule has 18 heavy (non-hydrogen) atoms. The summed E-state index contributed by atoms with van der Waals surface area (Å²) in [6, 6.07) is 0. The van der Waals surface area contributed by atoms with Crippen LogP contribution in [0.5, 0.6) is 0 Å². The van der Waals surface area contributed by atoms with Gasteiger partial charge in [-0.1, -0.05) is 12.2 Å². The van der Waals surface area contributed by atoms with Crippen LogP contribution in [0.1, 0.15) is 35.6 Å². The van der Waals surface area contributed by atoms with E-state index in [2.05, 4.69) is 16.4 Å². The lowest BCUT2D eigenvalue weighted by Gasteiger charge is -2.16. The van der Waals surface area contributed by atoms with Gasteiger partial charge >= 0.3 is 5.97 Å². The normalized spacial score (nSPS) is 18.6. The van der Waals surface area contributed by atoms with Gasteiger partial charge in [-0.05, 0) is 19.3 Å². The fraction of sp³-hybridized carbons (Fsp3) is 0.417. The highest BCUT2D eigenvalue weighted by molar-refractivity contribution is 5.84. The number of carbonyl (C=O) groups excluding carboxylic acids is 1. The van der Waals surface area contributed by atoms with Gasteiger partial charge in [0.15, 0.2) is 5.69 Å². The van der Waals surface area contributed by atoms with Gasteiger partial charge in [-0.3, -0.25) is 4.79 Å². The SMILES string of the molecule is O=C(O)c1coc(CNC(=O)C2CC=CCC2)n1. The number of carboxylic acid groups (broad SMARTS) is 1. The molecule has 0 saturated heterocycles. The summed E-state index contributed by atoms with van der Waals surface area (Å²) in [7, 11) is 0. The third-order valence-corrected chi connectivity index (χ3v) is 2.82. The number of carboxylic acids is 1. The zero-order chi connectivity index (χ0) is 13.0. The molecule has 1 aromatic heterocycles. The van der Waals surface area contributed by atoms with Crippen molar-refractivity contribution in [3.63, 3.8) is 0 Å². The van der Waals surface area contributed by atoms with Crippen molar-refractivity contribution in [3.05, 3.63) is 30.0 Å². The first-order chi connectivity index (χ1) is 8.66. The van der Waals surface area contributed by atoms with E-state index in [0.717, 1.165) is 25.5 Å². The van der Waals surface area contributed by atoms with Crippen LogP contribution >= 0.6 is 0 Å². The van der Waals surface area contributed by atoms with Crippen molar-refractivity contribution in [1.82, 2.24) is 10.3 Å². The summed E-state index contributed by atoms with van der Waals surface area (Å²) in [5, 5.41) is 11.4. The number of nitrogens with one attached hydrogen (secondary N) is 1. The van der Waals surface area contributed by atoms with Gasteiger partial charge < -0.3 is 14.8 Å². The highest BCUT2D eigenvalue weighted by Gasteiger charge is 2.19. The van der Waals surface area contributed by atoms with E-state index in [0.29, 0.717) is 0 Å². The molecule has 0 aliphatic heterocycles. The number of rotatable bonds is 4. The number of hydrogen-bond donors (Lipinski definition) is 2. The number of oxazole rings is 1. The monoisotopic (exact) mass is 250 g/mol. The van der Waals surface area contributed by atoms with Gasteiger partial charge in [0.05, 0.1) is 6.54 Å². The zero-order valence-corrected chi connectivity index (χ0v) is 9.76. The molecule has 1 amide bonds. The number of amides is 1. The molecule has 1 heterocycles. The summed E-state index contributed by atoms with van der Waals surface area (Å²) in [4.78, 5) is 26.1. The van der Waals surface area contributed by atoms with E-state index in [1.165, 1.54) is 0 Å². The zero-order valence-electron chi connectivity index (χ0n) is 9.76. The van der Waals surface area contributed by atoms with Gasteiger partial charge in [0.1, 0.15) is 6.26 Å². The van der Waals surface area contributed by atoms with Crippen LogP contribution in [0.25, 0.3) is 0 Å². The van der Waals surface area contributed by atoms with Gasteiger partial charge in [0.2, 0.25) is 11.8 Å². The molecule has 0 spiro atoms. The second-order valence-corrected chi connectivity index (χ2v) is 4.13. The molecule has 1 atom stereocenters. The highest BCUT2D eigenvalue weighted by atomic mass is 16.4. The second-order valence-electron chi connectivity index (χ2n) is 4.13. The third-order valence-electron chi connectivity index (χ3n) is 2.82. The molecule has 1 unspecified atom stereocenters. The van der Waals surface area contributed by atoms with Crippen molar-refractivity contribution >= 4 is 11.9 Å². The number of hydrogen-bond acceptors (Lipinski definition) is 4. The molecule has 2 N–H and O–H groups in total. The Bertz CT molecular complexity index is 478. The Morgan fingerprint density at radius 3 is 2.94 bits per heavy atom. The van der Waals surface area contributed by atoms with Crippen LogP contribution in [0.3, 0.4) is 0 Å². The lowest BCUT2D eigenvalue weighted by atomic mass is 9.94. The fourth-order valence-corrected chi connectivity index (χ4v) is 1.83. The van der Waals surface area contributed by atoms with Crippen LogP contribution < -0.4 is 5.32 Å². The van der Waals surface area contributed by atoms with E-state index in [1.807, 2.05) is 6.08 Å². The summed E-state index contributed by atoms with van der Waals surface area (Å²) in [6.07, 6.45) is 7.64. The van der Waals surface area contributed by atoms with Crippen molar-refractivity contribution in [2.45, 2.75) is 25.8 Å². The molecule has 1 aliphatic rings. The van der Waals surface area contributed by atoms with Gasteiger partial charge in [0, 0.05) is 5.92 Å². The predicted octanol–water partition coefficient (Wildman–Crippen LogP) is 1.35. The fourth-order valence-electron chi connectivity index (χ4n) is 1.83. The first-order valence-electron chi connectivity index (χ1n) is 5.77. The van der Waals surface area contributed by atoms with Gasteiger partial charge in [0.25, 0.3) is 0 Å². The molecule has 96 valence electrons. The van der Waals surface area contributed by atoms with Crippen molar-refractivity contribution in [2.24, 2.45) is 5.92 Å². The molecule has 0 fully saturated rings. The van der Waals surface area contributed by atoms with Crippen LogP contribution in [0.2, 0.25) is 0 Å². The molecule has 0 saturated carbocycles. The van der Waals surface area contributed by atoms with E-state index < -0.39 is 5.97 Å². The molecule has 1 aromatic rings. The maximum atomic E-state index is 11.8. The number of aromatic nitrogens is 1. The van der Waals surface area contributed by atoms with E-state index >= 15 is 0 Å². The molecule has 6 nitrogen and oxygen atoms in total. The highest BCUT2D eigenvalue weighted by Crippen LogP contribution is 2.18. The Kier molecular flexibility index (Phi) is 3.76. The Hall–Kier alpha value is -2.11. The first kappa shape index (κ1) is 12.3. The Morgan fingerprint density at radius 1 is 1.50 bits per heavy atom. The van der Waals surface area contributed by atoms with Crippen LogP contribution in [-0.2, 0) is 11.3 Å². The molecule has 1 aliphatic carbocycles. The van der Waals surface area contributed by atoms with Crippen molar-refractivity contribution in [2.75, 3.05) is 0 Å². The lowest BCUT2D eigenvalue weighted by molar-refractivity contribution is -0.125. The number of aromatic carboxylic acids is 1. The number of allylic oxidation sites excluding steroid dienone is 2. The van der Waals surface area contributed by atoms with Gasteiger partial charge in [-0.15, -0.1) is 0 Å². The summed E-state index contributed by atoms with van der Waals surface area (Å²) < 4.78 is 4.94. The minimum Gasteiger partial charge on any atom is -0.476 e. The average Bonchev–Trinajstić information content (AvgIpc) is 2.86. The van der Waals surface area contributed by atoms with Crippen LogP contribution in [0.15, 0.2) is 22.8 Å². The third kappa shape index (κ3) is 2.97. The van der Waals surface area contributed by atoms with Crippen molar-refractivity contribution < 1.29 is 19.1 Å². The molecule has 0 radical (unpaired) electrons. The number of nitrogens with zero attached hydrogens (tertiary/aromatic N) is 1. The molecular formula is C12H14N2O4. The quantitative estimate of drug-likeness (QED) is 0.787. The van der Waals surface area contributed by atoms with Gasteiger partial charge in [-0.2, -0.15) is 0 Å². The molecular weight excluding hydrogens is 236 g/mol. The minimum absolute atomic E-state index is 0.0103. The Balaban J connectivity index is 1.85. The molecule has 0 aromatic carbocycles. The second kappa shape index (κ2) is 5.48. The smallest absolute Gasteiger partial charge is 0.357 e. The van der Waals surface area contributed by atoms with Crippen LogP contribution in [0, 0.1) is 5.92 Å². The van der Waals surface area contributed by atoms with E-state index in [9.17, 15) is 9.59 Å². The van der Waals surface area contributed by atoms with Crippen LogP contribution in [-0.4, -0.2) is 22.0 Å². The summed E-state index contributed by atoms with van der Waals surface area (Å²) in [6.45, 7) is 0.117. The summed E-state index contributed by atoms with van der Waals surface area (Å²) >= 11 is 0. The van der Waals surface area contributed by atoms with Gasteiger partial charge in [-0.25, -0.2) is 9.78 Å². The topological polar surface area (TPSA) is 92.4 Å². The predicted molar refractivity (Wildman–Crippen MR) is 61.8 cm³/mol. The maximum absolute atomic E-state index is 11.8. The largest absolute Gasteiger partial charge is 0.476 e. The summed E-state index contributed by atoms with van der Waals surface area (Å²) in [5.41, 5.74) is -0.153. The standard InChI is InChI=1S/C12H14N2O4/c15-11(8-4-2-1-3-5-8)13-6-10-14-9(7-18-10)12(16)17/h1-2,7-8H,3-6H2,(H,13,15)(H,16,17). The Morgan fingerprint density at radius 2 is 2.33 bits per heavy atom. The molecule has 6 heteroatoms. The van der Waals surface area contributed by atoms with E-state index in [-0.39, 0.29) is 30.0 Å². The van der Waals surface area contributed by atoms with Crippen molar-refractivity contribution in [1.29, 1.82) is 0 Å². The molecule has 0 bridgehead atoms.